The molecule has 0 amide bonds. The van der Waals surface area contributed by atoms with Crippen LogP contribution in [-0.4, -0.2) is 22.2 Å². The summed E-state index contributed by atoms with van der Waals surface area (Å²) in [4.78, 5) is 4.23. The summed E-state index contributed by atoms with van der Waals surface area (Å²) in [5.41, 5.74) is 2.04. The molecule has 0 bridgehead atoms. The number of aryl methyl sites for hydroxylation is 1. The molecule has 0 aromatic carbocycles. The fourth-order valence-electron chi connectivity index (χ4n) is 1.97. The van der Waals surface area contributed by atoms with Crippen LogP contribution < -0.4 is 5.32 Å². The van der Waals surface area contributed by atoms with Crippen molar-refractivity contribution in [1.82, 2.24) is 4.98 Å². The van der Waals surface area contributed by atoms with Gasteiger partial charge in [-0.3, -0.25) is 4.98 Å². The second-order valence-corrected chi connectivity index (χ2v) is 4.91. The molecule has 3 heteroatoms. The van der Waals surface area contributed by atoms with Crippen molar-refractivity contribution in [3.05, 3.63) is 24.0 Å². The summed E-state index contributed by atoms with van der Waals surface area (Å²) in [5.74, 6) is 0. The van der Waals surface area contributed by atoms with Gasteiger partial charge in [0.25, 0.3) is 0 Å². The minimum Gasteiger partial charge on any atom is -0.392 e. The average molecular weight is 206 g/mol. The van der Waals surface area contributed by atoms with E-state index in [1.807, 2.05) is 19.1 Å². The lowest BCUT2D eigenvalue weighted by atomic mass is 9.64. The summed E-state index contributed by atoms with van der Waals surface area (Å²) in [6, 6.07) is 4.30. The Bertz CT molecular complexity index is 362. The molecule has 0 saturated heterocycles. The van der Waals surface area contributed by atoms with Crippen LogP contribution in [0.3, 0.4) is 0 Å². The van der Waals surface area contributed by atoms with Crippen molar-refractivity contribution in [3.8, 4) is 0 Å². The first kappa shape index (κ1) is 10.4. The molecule has 2 atom stereocenters. The number of nitrogens with zero attached hydrogens (tertiary/aromatic N) is 1. The molecule has 1 heterocycles. The third-order valence-electron chi connectivity index (χ3n) is 3.55. The number of pyridine rings is 1. The number of hydrogen-bond acceptors (Lipinski definition) is 3. The van der Waals surface area contributed by atoms with Crippen molar-refractivity contribution in [1.29, 1.82) is 0 Å². The normalized spacial score (nSPS) is 28.3. The maximum Gasteiger partial charge on any atom is 0.0630 e. The van der Waals surface area contributed by atoms with Gasteiger partial charge in [-0.25, -0.2) is 0 Å². The van der Waals surface area contributed by atoms with Crippen molar-refractivity contribution in [2.45, 2.75) is 39.3 Å². The van der Waals surface area contributed by atoms with Crippen LogP contribution in [0.25, 0.3) is 0 Å². The van der Waals surface area contributed by atoms with E-state index >= 15 is 0 Å². The molecule has 1 aliphatic carbocycles. The van der Waals surface area contributed by atoms with Gasteiger partial charge in [0.05, 0.1) is 17.5 Å². The Balaban J connectivity index is 2.08. The lowest BCUT2D eigenvalue weighted by Crippen LogP contribution is -2.57. The predicted octanol–water partition coefficient (Wildman–Crippen LogP) is 1.96. The predicted molar refractivity (Wildman–Crippen MR) is 60.8 cm³/mol. The van der Waals surface area contributed by atoms with Crippen LogP contribution in [0.2, 0.25) is 0 Å². The highest BCUT2D eigenvalue weighted by Crippen LogP contribution is 2.42. The quantitative estimate of drug-likeness (QED) is 0.777. The zero-order valence-corrected chi connectivity index (χ0v) is 9.49. The number of aliphatic hydroxyl groups excluding tert-OH is 1. The van der Waals surface area contributed by atoms with Crippen LogP contribution in [0.15, 0.2) is 18.3 Å². The molecule has 1 saturated carbocycles. The third kappa shape index (κ3) is 1.72. The molecule has 0 spiro atoms. The Kier molecular flexibility index (Phi) is 2.43. The van der Waals surface area contributed by atoms with Gasteiger partial charge >= 0.3 is 0 Å². The molecule has 1 aliphatic rings. The molecule has 15 heavy (non-hydrogen) atoms. The molecule has 1 aromatic rings. The first-order valence-corrected chi connectivity index (χ1v) is 5.38. The minimum absolute atomic E-state index is 0.0394. The molecular formula is C12H18N2O. The Morgan fingerprint density at radius 1 is 1.53 bits per heavy atom. The number of rotatable bonds is 2. The van der Waals surface area contributed by atoms with E-state index in [1.165, 1.54) is 0 Å². The number of hydrogen-bond donors (Lipinski definition) is 2. The van der Waals surface area contributed by atoms with E-state index in [1.54, 1.807) is 6.20 Å². The van der Waals surface area contributed by atoms with Gasteiger partial charge in [0.2, 0.25) is 0 Å². The molecular weight excluding hydrogens is 188 g/mol. The molecule has 1 fully saturated rings. The lowest BCUT2D eigenvalue weighted by Gasteiger charge is -2.50. The highest BCUT2D eigenvalue weighted by atomic mass is 16.3. The first-order chi connectivity index (χ1) is 7.01. The van der Waals surface area contributed by atoms with Crippen molar-refractivity contribution in [2.75, 3.05) is 5.32 Å². The van der Waals surface area contributed by atoms with Crippen LogP contribution in [0.4, 0.5) is 5.69 Å². The molecule has 1 aromatic heterocycles. The van der Waals surface area contributed by atoms with Crippen LogP contribution in [0.5, 0.6) is 0 Å². The van der Waals surface area contributed by atoms with Crippen LogP contribution in [0.1, 0.15) is 26.0 Å². The van der Waals surface area contributed by atoms with Crippen LogP contribution in [0, 0.1) is 12.3 Å². The summed E-state index contributed by atoms with van der Waals surface area (Å²) in [7, 11) is 0. The van der Waals surface area contributed by atoms with Crippen LogP contribution in [-0.2, 0) is 0 Å². The van der Waals surface area contributed by atoms with E-state index in [9.17, 15) is 5.11 Å². The Morgan fingerprint density at radius 2 is 2.27 bits per heavy atom. The molecule has 3 nitrogen and oxygen atoms in total. The van der Waals surface area contributed by atoms with Gasteiger partial charge in [-0.05, 0) is 25.5 Å². The van der Waals surface area contributed by atoms with E-state index in [0.717, 1.165) is 17.8 Å². The number of aromatic nitrogens is 1. The first-order valence-electron chi connectivity index (χ1n) is 5.38. The monoisotopic (exact) mass is 206 g/mol. The topological polar surface area (TPSA) is 45.2 Å². The van der Waals surface area contributed by atoms with Crippen LogP contribution >= 0.6 is 0 Å². The lowest BCUT2D eigenvalue weighted by molar-refractivity contribution is -0.0510. The fourth-order valence-corrected chi connectivity index (χ4v) is 1.97. The smallest absolute Gasteiger partial charge is 0.0630 e. The summed E-state index contributed by atoms with van der Waals surface area (Å²) in [5, 5.41) is 13.1. The summed E-state index contributed by atoms with van der Waals surface area (Å²) in [6.45, 7) is 6.17. The third-order valence-corrected chi connectivity index (χ3v) is 3.55. The molecule has 2 N–H and O–H groups in total. The van der Waals surface area contributed by atoms with E-state index in [0.29, 0.717) is 6.04 Å². The fraction of sp³-hybridized carbons (Fsp3) is 0.583. The average Bonchev–Trinajstić information content (AvgIpc) is 2.20. The van der Waals surface area contributed by atoms with E-state index in [4.69, 9.17) is 0 Å². The number of anilines is 1. The zero-order chi connectivity index (χ0) is 11.1. The Hall–Kier alpha value is -1.09. The largest absolute Gasteiger partial charge is 0.392 e. The van der Waals surface area contributed by atoms with E-state index < -0.39 is 0 Å². The van der Waals surface area contributed by atoms with Crippen molar-refractivity contribution >= 4 is 5.69 Å². The summed E-state index contributed by atoms with van der Waals surface area (Å²) >= 11 is 0. The van der Waals surface area contributed by atoms with Crippen molar-refractivity contribution in [2.24, 2.45) is 5.41 Å². The van der Waals surface area contributed by atoms with Gasteiger partial charge in [-0.15, -0.1) is 0 Å². The van der Waals surface area contributed by atoms with Crippen molar-refractivity contribution in [3.63, 3.8) is 0 Å². The Labute approximate surface area is 90.5 Å². The molecule has 2 unspecified atom stereocenters. The maximum atomic E-state index is 9.64. The highest BCUT2D eigenvalue weighted by molar-refractivity contribution is 5.48. The van der Waals surface area contributed by atoms with Crippen molar-refractivity contribution < 1.29 is 5.11 Å². The molecule has 2 rings (SSSR count). The zero-order valence-electron chi connectivity index (χ0n) is 9.49. The van der Waals surface area contributed by atoms with E-state index in [-0.39, 0.29) is 11.5 Å². The second kappa shape index (κ2) is 3.49. The van der Waals surface area contributed by atoms with Gasteiger partial charge in [0, 0.05) is 17.7 Å². The minimum atomic E-state index is -0.188. The highest BCUT2D eigenvalue weighted by Gasteiger charge is 2.47. The number of aliphatic hydroxyl groups is 1. The van der Waals surface area contributed by atoms with Gasteiger partial charge in [0.15, 0.2) is 0 Å². The Morgan fingerprint density at radius 3 is 2.80 bits per heavy atom. The molecule has 0 radical (unpaired) electrons. The maximum absolute atomic E-state index is 9.64. The summed E-state index contributed by atoms with van der Waals surface area (Å²) < 4.78 is 0. The number of nitrogens with one attached hydrogen (secondary N) is 1. The van der Waals surface area contributed by atoms with Gasteiger partial charge < -0.3 is 10.4 Å². The van der Waals surface area contributed by atoms with Gasteiger partial charge in [-0.1, -0.05) is 13.8 Å². The van der Waals surface area contributed by atoms with E-state index in [2.05, 4.69) is 24.1 Å². The standard InChI is InChI=1S/C12H18N2O/c1-8-9(5-4-6-13-8)14-10-7-11(15)12(10,2)3/h4-6,10-11,14-15H,7H2,1-3H3. The van der Waals surface area contributed by atoms with Gasteiger partial charge in [0.1, 0.15) is 0 Å². The SMILES string of the molecule is Cc1ncccc1NC1CC(O)C1(C)C. The van der Waals surface area contributed by atoms with Gasteiger partial charge in [-0.2, -0.15) is 0 Å². The second-order valence-electron chi connectivity index (χ2n) is 4.91. The summed E-state index contributed by atoms with van der Waals surface area (Å²) in [6.07, 6.45) is 2.43. The molecule has 0 aliphatic heterocycles. The molecule has 82 valence electrons.